The fourth-order valence-corrected chi connectivity index (χ4v) is 3.60. The predicted molar refractivity (Wildman–Crippen MR) is 103 cm³/mol. The second-order valence-electron chi connectivity index (χ2n) is 6.18. The molecule has 0 fully saturated rings. The van der Waals surface area contributed by atoms with Gasteiger partial charge in [0.1, 0.15) is 11.7 Å². The van der Waals surface area contributed by atoms with E-state index in [1.54, 1.807) is 25.1 Å². The third-order valence-corrected chi connectivity index (χ3v) is 5.08. The molecule has 0 aromatic heterocycles. The van der Waals surface area contributed by atoms with Crippen LogP contribution >= 0.6 is 15.9 Å². The minimum Gasteiger partial charge on any atom is -0.507 e. The average molecular weight is 415 g/mol. The Balaban J connectivity index is 2.04. The number of benzene rings is 2. The van der Waals surface area contributed by atoms with Gasteiger partial charge in [0.05, 0.1) is 6.61 Å². The van der Waals surface area contributed by atoms with E-state index in [0.29, 0.717) is 12.0 Å². The van der Waals surface area contributed by atoms with Crippen molar-refractivity contribution in [1.29, 1.82) is 0 Å². The Morgan fingerprint density at radius 3 is 2.54 bits per heavy atom. The van der Waals surface area contributed by atoms with Crippen molar-refractivity contribution in [2.45, 2.75) is 19.3 Å². The van der Waals surface area contributed by atoms with Crippen LogP contribution in [0.25, 0.3) is 5.57 Å². The lowest BCUT2D eigenvalue weighted by Gasteiger charge is -2.29. The first kappa shape index (κ1) is 18.4. The maximum absolute atomic E-state index is 12.8. The molecule has 2 aromatic carbocycles. The summed E-state index contributed by atoms with van der Waals surface area (Å²) in [5, 5.41) is 10.2. The normalized spacial score (nSPS) is 19.8. The molecule has 0 saturated carbocycles. The summed E-state index contributed by atoms with van der Waals surface area (Å²) in [7, 11) is 0. The van der Waals surface area contributed by atoms with Crippen LogP contribution in [0.3, 0.4) is 0 Å². The Labute approximate surface area is 160 Å². The summed E-state index contributed by atoms with van der Waals surface area (Å²) in [5.74, 6) is -1.88. The van der Waals surface area contributed by atoms with Crippen LogP contribution in [0.4, 0.5) is 0 Å². The first-order valence-corrected chi connectivity index (χ1v) is 9.25. The van der Waals surface area contributed by atoms with Crippen LogP contribution in [0.1, 0.15) is 30.4 Å². The van der Waals surface area contributed by atoms with E-state index >= 15 is 0 Å². The van der Waals surface area contributed by atoms with E-state index in [4.69, 9.17) is 4.74 Å². The van der Waals surface area contributed by atoms with Crippen LogP contribution in [0, 0.1) is 5.92 Å². The lowest BCUT2D eigenvalue weighted by molar-refractivity contribution is -0.151. The monoisotopic (exact) mass is 414 g/mol. The van der Waals surface area contributed by atoms with Crippen LogP contribution in [-0.4, -0.2) is 23.5 Å². The van der Waals surface area contributed by atoms with E-state index in [1.807, 2.05) is 30.3 Å². The number of para-hydroxylation sites is 1. The number of rotatable bonds is 4. The molecule has 3 rings (SSSR count). The molecule has 0 bridgehead atoms. The largest absolute Gasteiger partial charge is 0.507 e. The average Bonchev–Trinajstić information content (AvgIpc) is 2.62. The highest BCUT2D eigenvalue weighted by atomic mass is 79.9. The Bertz CT molecular complexity index is 855. The molecule has 1 N–H and O–H groups in total. The van der Waals surface area contributed by atoms with E-state index < -0.39 is 11.9 Å². The first-order chi connectivity index (χ1) is 12.5. The molecule has 2 unspecified atom stereocenters. The van der Waals surface area contributed by atoms with Gasteiger partial charge in [0.25, 0.3) is 0 Å². The molecule has 1 aliphatic carbocycles. The number of phenols is 1. The number of ether oxygens (including phenoxy) is 1. The third-order valence-electron chi connectivity index (χ3n) is 4.55. The maximum Gasteiger partial charge on any atom is 0.317 e. The van der Waals surface area contributed by atoms with Gasteiger partial charge in [0.2, 0.25) is 0 Å². The Morgan fingerprint density at radius 1 is 1.19 bits per heavy atom. The topological polar surface area (TPSA) is 63.6 Å². The Morgan fingerprint density at radius 2 is 1.88 bits per heavy atom. The molecule has 2 aromatic rings. The predicted octanol–water partition coefficient (Wildman–Crippen LogP) is 4.47. The zero-order valence-corrected chi connectivity index (χ0v) is 15.9. The van der Waals surface area contributed by atoms with Crippen LogP contribution in [0.15, 0.2) is 59.1 Å². The molecule has 0 radical (unpaired) electrons. The molecule has 0 heterocycles. The lowest BCUT2D eigenvalue weighted by Crippen LogP contribution is -2.34. The molecule has 26 heavy (non-hydrogen) atoms. The minimum absolute atomic E-state index is 0.121. The summed E-state index contributed by atoms with van der Waals surface area (Å²) >= 11 is 3.41. The van der Waals surface area contributed by atoms with E-state index in [9.17, 15) is 14.7 Å². The van der Waals surface area contributed by atoms with Gasteiger partial charge in [0.15, 0.2) is 5.78 Å². The summed E-state index contributed by atoms with van der Waals surface area (Å²) in [6, 6.07) is 14.5. The molecular weight excluding hydrogens is 396 g/mol. The fourth-order valence-electron chi connectivity index (χ4n) is 3.34. The van der Waals surface area contributed by atoms with Crippen LogP contribution in [0.2, 0.25) is 0 Å². The van der Waals surface area contributed by atoms with E-state index in [1.165, 1.54) is 6.08 Å². The van der Waals surface area contributed by atoms with Crippen molar-refractivity contribution in [3.63, 3.8) is 0 Å². The first-order valence-electron chi connectivity index (χ1n) is 8.46. The number of hydrogen-bond acceptors (Lipinski definition) is 4. The highest BCUT2D eigenvalue weighted by Crippen LogP contribution is 2.42. The number of aromatic hydroxyl groups is 1. The fraction of sp³-hybridized carbons (Fsp3) is 0.238. The van der Waals surface area contributed by atoms with Crippen molar-refractivity contribution in [2.75, 3.05) is 6.61 Å². The number of phenolic OH excluding ortho intramolecular Hbond substituents is 1. The quantitative estimate of drug-likeness (QED) is 0.591. The molecule has 1 aliphatic rings. The highest BCUT2D eigenvalue weighted by Gasteiger charge is 2.40. The molecule has 0 spiro atoms. The van der Waals surface area contributed by atoms with Crippen molar-refractivity contribution in [3.8, 4) is 5.75 Å². The van der Waals surface area contributed by atoms with Crippen molar-refractivity contribution in [2.24, 2.45) is 5.92 Å². The van der Waals surface area contributed by atoms with Crippen LogP contribution in [0.5, 0.6) is 5.75 Å². The van der Waals surface area contributed by atoms with Crippen molar-refractivity contribution in [1.82, 2.24) is 0 Å². The van der Waals surface area contributed by atoms with Gasteiger partial charge in [-0.2, -0.15) is 0 Å². The van der Waals surface area contributed by atoms with Gasteiger partial charge in [-0.1, -0.05) is 46.3 Å². The second kappa shape index (κ2) is 7.87. The number of esters is 1. The highest BCUT2D eigenvalue weighted by molar-refractivity contribution is 9.10. The summed E-state index contributed by atoms with van der Waals surface area (Å²) in [6.45, 7) is 1.95. The zero-order chi connectivity index (χ0) is 18.7. The molecular formula is C21H19BrO4. The summed E-state index contributed by atoms with van der Waals surface area (Å²) < 4.78 is 6.07. The van der Waals surface area contributed by atoms with Gasteiger partial charge in [-0.25, -0.2) is 0 Å². The smallest absolute Gasteiger partial charge is 0.317 e. The molecule has 0 amide bonds. The van der Waals surface area contributed by atoms with Crippen LogP contribution in [-0.2, 0) is 14.3 Å². The Kier molecular flexibility index (Phi) is 5.57. The number of ketones is 1. The third kappa shape index (κ3) is 3.73. The van der Waals surface area contributed by atoms with Crippen LogP contribution < -0.4 is 0 Å². The van der Waals surface area contributed by atoms with Crippen molar-refractivity contribution < 1.29 is 19.4 Å². The molecule has 0 aliphatic heterocycles. The Hall–Kier alpha value is -2.40. The number of hydrogen-bond donors (Lipinski definition) is 1. The second-order valence-corrected chi connectivity index (χ2v) is 7.10. The number of carbonyl (C=O) groups excluding carboxylic acids is 2. The summed E-state index contributed by atoms with van der Waals surface area (Å²) in [5.41, 5.74) is 2.23. The van der Waals surface area contributed by atoms with Crippen molar-refractivity contribution in [3.05, 3.63) is 70.2 Å². The van der Waals surface area contributed by atoms with E-state index in [0.717, 1.165) is 15.6 Å². The number of allylic oxidation sites excluding steroid dienone is 2. The molecule has 2 atom stereocenters. The SMILES string of the molecule is CCOC(=O)C1C(=O)C=C(c2ccccc2O)CC1c1ccc(Br)cc1. The molecule has 134 valence electrons. The van der Waals surface area contributed by atoms with E-state index in [-0.39, 0.29) is 24.1 Å². The maximum atomic E-state index is 12.8. The van der Waals surface area contributed by atoms with Gasteiger partial charge >= 0.3 is 5.97 Å². The molecule has 5 heteroatoms. The van der Waals surface area contributed by atoms with Gasteiger partial charge in [-0.3, -0.25) is 9.59 Å². The van der Waals surface area contributed by atoms with Gasteiger partial charge in [0, 0.05) is 16.0 Å². The molecule has 4 nitrogen and oxygen atoms in total. The summed E-state index contributed by atoms with van der Waals surface area (Å²) in [4.78, 5) is 25.2. The van der Waals surface area contributed by atoms with E-state index in [2.05, 4.69) is 15.9 Å². The minimum atomic E-state index is -0.870. The number of carbonyl (C=O) groups is 2. The van der Waals surface area contributed by atoms with Crippen molar-refractivity contribution >= 4 is 33.3 Å². The van der Waals surface area contributed by atoms with Gasteiger partial charge < -0.3 is 9.84 Å². The summed E-state index contributed by atoms with van der Waals surface area (Å²) in [6.07, 6.45) is 1.93. The molecule has 0 saturated heterocycles. The number of halogens is 1. The van der Waals surface area contributed by atoms with Gasteiger partial charge in [-0.05, 0) is 48.8 Å². The lowest BCUT2D eigenvalue weighted by atomic mass is 9.73. The zero-order valence-electron chi connectivity index (χ0n) is 14.3. The standard InChI is InChI=1S/C21H19BrO4/c1-2-26-21(25)20-17(13-7-9-15(22)10-8-13)11-14(12-19(20)24)16-5-3-4-6-18(16)23/h3-10,12,17,20,23H,2,11H2,1H3. The van der Waals surface area contributed by atoms with Gasteiger partial charge in [-0.15, -0.1) is 0 Å².